The van der Waals surface area contributed by atoms with E-state index in [2.05, 4.69) is 6.92 Å². The van der Waals surface area contributed by atoms with Crippen molar-refractivity contribution in [1.29, 1.82) is 0 Å². The molecule has 1 rings (SSSR count). The Labute approximate surface area is 77.1 Å². The normalized spacial score (nSPS) is 31.5. The van der Waals surface area contributed by atoms with Crippen molar-refractivity contribution < 1.29 is 9.84 Å². The summed E-state index contributed by atoms with van der Waals surface area (Å²) in [7, 11) is -0.124. The minimum Gasteiger partial charge on any atom is -0.396 e. The van der Waals surface area contributed by atoms with Crippen LogP contribution in [0.2, 0.25) is 6.04 Å². The molecule has 0 amide bonds. The molecule has 0 saturated carbocycles. The summed E-state index contributed by atoms with van der Waals surface area (Å²) in [4.78, 5) is 0. The molecule has 72 valence electrons. The Bertz CT molecular complexity index is 122. The number of hydrogen-bond donors (Lipinski definition) is 1. The van der Waals surface area contributed by atoms with Crippen molar-refractivity contribution in [1.82, 2.24) is 0 Å². The van der Waals surface area contributed by atoms with Gasteiger partial charge in [0.05, 0.1) is 9.52 Å². The maximum Gasteiger partial charge on any atom is 0.0592 e. The highest BCUT2D eigenvalue weighted by atomic mass is 28.2. The van der Waals surface area contributed by atoms with E-state index in [4.69, 9.17) is 9.84 Å². The van der Waals surface area contributed by atoms with Gasteiger partial charge in [0.25, 0.3) is 0 Å². The Morgan fingerprint density at radius 3 is 2.92 bits per heavy atom. The van der Waals surface area contributed by atoms with E-state index in [1.165, 1.54) is 25.3 Å². The van der Waals surface area contributed by atoms with Crippen LogP contribution in [0.15, 0.2) is 0 Å². The van der Waals surface area contributed by atoms with E-state index in [1.54, 1.807) is 0 Å². The first-order valence-electron chi connectivity index (χ1n) is 5.02. The van der Waals surface area contributed by atoms with Crippen molar-refractivity contribution in [2.24, 2.45) is 0 Å². The number of aliphatic hydroxyl groups excluding tert-OH is 1. The monoisotopic (exact) mass is 188 g/mol. The third-order valence-electron chi connectivity index (χ3n) is 2.66. The van der Waals surface area contributed by atoms with Gasteiger partial charge in [0.1, 0.15) is 0 Å². The third kappa shape index (κ3) is 3.25. The van der Waals surface area contributed by atoms with E-state index < -0.39 is 0 Å². The van der Waals surface area contributed by atoms with E-state index in [9.17, 15) is 0 Å². The van der Waals surface area contributed by atoms with E-state index in [-0.39, 0.29) is 14.7 Å². The molecule has 1 saturated heterocycles. The smallest absolute Gasteiger partial charge is 0.0592 e. The van der Waals surface area contributed by atoms with Crippen LogP contribution in [0.1, 0.15) is 32.6 Å². The molecule has 3 heteroatoms. The molecule has 0 aromatic carbocycles. The van der Waals surface area contributed by atoms with Gasteiger partial charge in [0.2, 0.25) is 0 Å². The lowest BCUT2D eigenvalue weighted by Crippen LogP contribution is -2.38. The molecule has 1 unspecified atom stereocenters. The van der Waals surface area contributed by atoms with Gasteiger partial charge in [-0.05, 0) is 32.6 Å². The fourth-order valence-electron chi connectivity index (χ4n) is 1.80. The highest BCUT2D eigenvalue weighted by Crippen LogP contribution is 2.24. The zero-order valence-corrected chi connectivity index (χ0v) is 9.43. The Morgan fingerprint density at radius 2 is 2.33 bits per heavy atom. The lowest BCUT2D eigenvalue weighted by atomic mass is 10.1. The van der Waals surface area contributed by atoms with Crippen LogP contribution in [0.4, 0.5) is 0 Å². The van der Waals surface area contributed by atoms with Gasteiger partial charge in [-0.3, -0.25) is 0 Å². The molecular formula is C9H20O2Si. The zero-order chi connectivity index (χ0) is 8.86. The molecule has 0 aliphatic carbocycles. The number of aliphatic hydroxyl groups is 1. The van der Waals surface area contributed by atoms with Gasteiger partial charge >= 0.3 is 0 Å². The van der Waals surface area contributed by atoms with Gasteiger partial charge in [-0.2, -0.15) is 0 Å². The molecule has 12 heavy (non-hydrogen) atoms. The highest BCUT2D eigenvalue weighted by molar-refractivity contribution is 6.39. The lowest BCUT2D eigenvalue weighted by molar-refractivity contribution is -0.00739. The number of rotatable bonds is 4. The Kier molecular flexibility index (Phi) is 4.25. The fourth-order valence-corrected chi connectivity index (χ4v) is 3.81. The molecule has 1 N–H and O–H groups in total. The van der Waals surface area contributed by atoms with Crippen molar-refractivity contribution in [3.63, 3.8) is 0 Å². The van der Waals surface area contributed by atoms with Crippen LogP contribution in [0.3, 0.4) is 0 Å². The maximum atomic E-state index is 8.66. The molecule has 2 nitrogen and oxygen atoms in total. The summed E-state index contributed by atoms with van der Waals surface area (Å²) in [6.45, 7) is 3.57. The lowest BCUT2D eigenvalue weighted by Gasteiger charge is -2.33. The van der Waals surface area contributed by atoms with Gasteiger partial charge in [-0.25, -0.2) is 0 Å². The second kappa shape index (κ2) is 4.99. The molecule has 0 aromatic rings. The topological polar surface area (TPSA) is 29.5 Å². The molecule has 0 aromatic heterocycles. The molecule has 1 heterocycles. The summed E-state index contributed by atoms with van der Waals surface area (Å²) in [5.41, 5.74) is 0. The molecule has 1 aliphatic rings. The predicted molar refractivity (Wildman–Crippen MR) is 53.3 cm³/mol. The molecule has 1 fully saturated rings. The summed E-state index contributed by atoms with van der Waals surface area (Å²) >= 11 is 0. The Balaban J connectivity index is 2.17. The molecule has 1 aliphatic heterocycles. The fraction of sp³-hybridized carbons (Fsp3) is 1.00. The SMILES string of the molecule is CC1([SiH2]CCCO)CCCCO1. The van der Waals surface area contributed by atoms with Crippen LogP contribution in [0.25, 0.3) is 0 Å². The van der Waals surface area contributed by atoms with Crippen LogP contribution >= 0.6 is 0 Å². The second-order valence-corrected chi connectivity index (χ2v) is 6.64. The first kappa shape index (κ1) is 10.2. The van der Waals surface area contributed by atoms with Gasteiger partial charge in [-0.15, -0.1) is 0 Å². The molecular weight excluding hydrogens is 168 g/mol. The average Bonchev–Trinajstić information content (AvgIpc) is 2.06. The van der Waals surface area contributed by atoms with Crippen molar-refractivity contribution in [2.75, 3.05) is 13.2 Å². The molecule has 1 atom stereocenters. The largest absolute Gasteiger partial charge is 0.396 e. The van der Waals surface area contributed by atoms with Gasteiger partial charge in [-0.1, -0.05) is 6.04 Å². The van der Waals surface area contributed by atoms with E-state index in [1.807, 2.05) is 0 Å². The van der Waals surface area contributed by atoms with Crippen LogP contribution in [0.5, 0.6) is 0 Å². The van der Waals surface area contributed by atoms with Crippen molar-refractivity contribution in [2.45, 2.75) is 43.9 Å². The van der Waals surface area contributed by atoms with Gasteiger partial charge in [0.15, 0.2) is 0 Å². The highest BCUT2D eigenvalue weighted by Gasteiger charge is 2.26. The standard InChI is InChI=1S/C9H20O2Si/c1-9(12-8-4-6-10)5-2-3-7-11-9/h10H,2-8,12H2,1H3. The van der Waals surface area contributed by atoms with Crippen molar-refractivity contribution in [3.05, 3.63) is 0 Å². The summed E-state index contributed by atoms with van der Waals surface area (Å²) in [5.74, 6) is 0. The van der Waals surface area contributed by atoms with Crippen LogP contribution < -0.4 is 0 Å². The minimum absolute atomic E-state index is 0.124. The quantitative estimate of drug-likeness (QED) is 0.524. The van der Waals surface area contributed by atoms with E-state index in [0.717, 1.165) is 13.0 Å². The summed E-state index contributed by atoms with van der Waals surface area (Å²) in [6.07, 6.45) is 4.81. The Morgan fingerprint density at radius 1 is 1.50 bits per heavy atom. The third-order valence-corrected chi connectivity index (χ3v) is 5.13. The van der Waals surface area contributed by atoms with Crippen LogP contribution in [-0.2, 0) is 4.74 Å². The maximum absolute atomic E-state index is 8.66. The summed E-state index contributed by atoms with van der Waals surface area (Å²) in [5, 5.41) is 8.92. The van der Waals surface area contributed by atoms with E-state index in [0.29, 0.717) is 6.61 Å². The Hall–Kier alpha value is 0.137. The summed E-state index contributed by atoms with van der Waals surface area (Å²) in [6, 6.07) is 1.23. The second-order valence-electron chi connectivity index (χ2n) is 3.94. The van der Waals surface area contributed by atoms with Crippen molar-refractivity contribution >= 4 is 9.52 Å². The van der Waals surface area contributed by atoms with Crippen LogP contribution in [-0.4, -0.2) is 33.1 Å². The molecule has 0 spiro atoms. The number of hydrogen-bond acceptors (Lipinski definition) is 2. The first-order chi connectivity index (χ1) is 5.77. The first-order valence-corrected chi connectivity index (χ1v) is 6.72. The number of ether oxygens (including phenoxy) is 1. The van der Waals surface area contributed by atoms with Crippen LogP contribution in [0, 0.1) is 0 Å². The van der Waals surface area contributed by atoms with Gasteiger partial charge < -0.3 is 9.84 Å². The summed E-state index contributed by atoms with van der Waals surface area (Å²) < 4.78 is 5.79. The molecule has 0 bridgehead atoms. The van der Waals surface area contributed by atoms with Gasteiger partial charge in [0, 0.05) is 18.4 Å². The average molecular weight is 188 g/mol. The predicted octanol–water partition coefficient (Wildman–Crippen LogP) is 0.873. The zero-order valence-electron chi connectivity index (χ0n) is 8.01. The minimum atomic E-state index is -0.124. The molecule has 0 radical (unpaired) electrons. The van der Waals surface area contributed by atoms with E-state index >= 15 is 0 Å². The van der Waals surface area contributed by atoms with Crippen molar-refractivity contribution in [3.8, 4) is 0 Å².